The molecular weight excluding hydrogens is 414 g/mol. The first-order chi connectivity index (χ1) is 15.7. The minimum Gasteiger partial charge on any atom is -0.444 e. The molecule has 3 aliphatic rings. The summed E-state index contributed by atoms with van der Waals surface area (Å²) in [7, 11) is 0. The van der Waals surface area contributed by atoms with Crippen LogP contribution >= 0.6 is 0 Å². The number of aliphatic imine (C=N–C) groups is 1. The Hall–Kier alpha value is -2.89. The SMILES string of the molecule is CC(C(=O)NC1=CC(C2CC2)=NC1)c1ccc(C2=CCC(NC(=O)OC(C)(C)C)CC2)cc1. The summed E-state index contributed by atoms with van der Waals surface area (Å²) >= 11 is 0. The molecule has 1 aromatic rings. The number of hydrogen-bond donors (Lipinski definition) is 2. The van der Waals surface area contributed by atoms with Gasteiger partial charge in [-0.25, -0.2) is 4.79 Å². The molecule has 1 heterocycles. The number of carbonyl (C=O) groups excluding carboxylic acids is 2. The number of rotatable bonds is 6. The number of ether oxygens (including phenoxy) is 1. The molecule has 0 aromatic heterocycles. The summed E-state index contributed by atoms with van der Waals surface area (Å²) in [5.41, 5.74) is 5.01. The Morgan fingerprint density at radius 3 is 2.45 bits per heavy atom. The van der Waals surface area contributed by atoms with Gasteiger partial charge in [0.15, 0.2) is 0 Å². The maximum Gasteiger partial charge on any atom is 0.407 e. The molecule has 1 fully saturated rings. The fourth-order valence-corrected chi connectivity index (χ4v) is 4.25. The molecule has 33 heavy (non-hydrogen) atoms. The van der Waals surface area contributed by atoms with Crippen LogP contribution in [0.1, 0.15) is 76.8 Å². The number of alkyl carbamates (subject to hydrolysis) is 1. The van der Waals surface area contributed by atoms with Gasteiger partial charge in [0.2, 0.25) is 5.91 Å². The lowest BCUT2D eigenvalue weighted by Crippen LogP contribution is -2.39. The summed E-state index contributed by atoms with van der Waals surface area (Å²) in [6.07, 6.45) is 8.89. The molecule has 0 spiro atoms. The third kappa shape index (κ3) is 6.34. The lowest BCUT2D eigenvalue weighted by atomic mass is 9.89. The molecule has 2 N–H and O–H groups in total. The van der Waals surface area contributed by atoms with Crippen molar-refractivity contribution in [2.24, 2.45) is 10.9 Å². The predicted octanol–water partition coefficient (Wildman–Crippen LogP) is 5.12. The van der Waals surface area contributed by atoms with E-state index in [0.29, 0.717) is 12.5 Å². The van der Waals surface area contributed by atoms with Crippen molar-refractivity contribution in [1.29, 1.82) is 0 Å². The van der Waals surface area contributed by atoms with Crippen molar-refractivity contribution in [1.82, 2.24) is 10.6 Å². The molecular formula is C27H35N3O3. The van der Waals surface area contributed by atoms with Gasteiger partial charge in [-0.1, -0.05) is 30.3 Å². The first-order valence-corrected chi connectivity index (χ1v) is 12.0. The highest BCUT2D eigenvalue weighted by atomic mass is 16.6. The van der Waals surface area contributed by atoms with Crippen LogP contribution in [0.15, 0.2) is 47.1 Å². The molecule has 1 aromatic carbocycles. The van der Waals surface area contributed by atoms with E-state index in [2.05, 4.69) is 33.8 Å². The molecule has 2 aliphatic carbocycles. The van der Waals surface area contributed by atoms with Crippen LogP contribution in [0.25, 0.3) is 5.57 Å². The average Bonchev–Trinajstić information content (AvgIpc) is 3.51. The Bertz CT molecular complexity index is 994. The number of hydrogen-bond acceptors (Lipinski definition) is 4. The van der Waals surface area contributed by atoms with E-state index in [9.17, 15) is 9.59 Å². The highest BCUT2D eigenvalue weighted by Gasteiger charge is 2.29. The van der Waals surface area contributed by atoms with Crippen LogP contribution in [-0.2, 0) is 9.53 Å². The number of allylic oxidation sites excluding steroid dienone is 2. The van der Waals surface area contributed by atoms with Crippen LogP contribution < -0.4 is 10.6 Å². The van der Waals surface area contributed by atoms with Crippen LogP contribution in [0, 0.1) is 5.92 Å². The summed E-state index contributed by atoms with van der Waals surface area (Å²) in [6.45, 7) is 8.12. The zero-order valence-electron chi connectivity index (χ0n) is 20.1. The van der Waals surface area contributed by atoms with Crippen LogP contribution in [0.3, 0.4) is 0 Å². The maximum absolute atomic E-state index is 12.7. The molecule has 1 saturated carbocycles. The van der Waals surface area contributed by atoms with E-state index in [1.807, 2.05) is 45.9 Å². The van der Waals surface area contributed by atoms with E-state index < -0.39 is 5.60 Å². The highest BCUT2D eigenvalue weighted by Crippen LogP contribution is 2.33. The fourth-order valence-electron chi connectivity index (χ4n) is 4.25. The van der Waals surface area contributed by atoms with Crippen molar-refractivity contribution in [2.75, 3.05) is 6.54 Å². The van der Waals surface area contributed by atoms with Crippen molar-refractivity contribution in [3.63, 3.8) is 0 Å². The lowest BCUT2D eigenvalue weighted by molar-refractivity contribution is -0.121. The minimum absolute atomic E-state index is 0.00851. The quantitative estimate of drug-likeness (QED) is 0.633. The topological polar surface area (TPSA) is 79.8 Å². The van der Waals surface area contributed by atoms with Crippen molar-refractivity contribution < 1.29 is 14.3 Å². The van der Waals surface area contributed by atoms with Crippen molar-refractivity contribution in [3.05, 3.63) is 53.2 Å². The molecule has 4 rings (SSSR count). The molecule has 1 aliphatic heterocycles. The van der Waals surface area contributed by atoms with E-state index in [1.165, 1.54) is 24.0 Å². The van der Waals surface area contributed by atoms with E-state index in [0.717, 1.165) is 36.2 Å². The average molecular weight is 450 g/mol. The molecule has 0 bridgehead atoms. The predicted molar refractivity (Wildman–Crippen MR) is 131 cm³/mol. The lowest BCUT2D eigenvalue weighted by Gasteiger charge is -2.26. The summed E-state index contributed by atoms with van der Waals surface area (Å²) in [6, 6.07) is 8.37. The second-order valence-corrected chi connectivity index (χ2v) is 10.4. The highest BCUT2D eigenvalue weighted by molar-refractivity contribution is 6.01. The van der Waals surface area contributed by atoms with Crippen LogP contribution in [0.4, 0.5) is 4.79 Å². The summed E-state index contributed by atoms with van der Waals surface area (Å²) < 4.78 is 5.35. The van der Waals surface area contributed by atoms with Gasteiger partial charge in [-0.2, -0.15) is 0 Å². The van der Waals surface area contributed by atoms with Gasteiger partial charge < -0.3 is 15.4 Å². The zero-order valence-corrected chi connectivity index (χ0v) is 20.1. The van der Waals surface area contributed by atoms with Gasteiger partial charge in [0.25, 0.3) is 0 Å². The smallest absolute Gasteiger partial charge is 0.407 e. The van der Waals surface area contributed by atoms with Gasteiger partial charge in [0.1, 0.15) is 5.60 Å². The third-order valence-electron chi connectivity index (χ3n) is 6.34. The standard InChI is InChI=1S/C27H35N3O3/c1-17(25(31)29-23-15-24(28-16-23)21-9-10-21)18-5-7-19(8-6-18)20-11-13-22(14-12-20)30-26(32)33-27(2,3)4/h5-8,11,15,17,21-22H,9-10,12-14,16H2,1-4H3,(H,29,31)(H,30,32). The Labute approximate surface area is 196 Å². The third-order valence-corrected chi connectivity index (χ3v) is 6.34. The number of carbonyl (C=O) groups is 2. The van der Waals surface area contributed by atoms with E-state index in [-0.39, 0.29) is 24.0 Å². The zero-order chi connectivity index (χ0) is 23.6. The number of nitrogens with one attached hydrogen (secondary N) is 2. The van der Waals surface area contributed by atoms with Gasteiger partial charge >= 0.3 is 6.09 Å². The van der Waals surface area contributed by atoms with Crippen LogP contribution in [-0.4, -0.2) is 35.9 Å². The van der Waals surface area contributed by atoms with Gasteiger partial charge in [-0.15, -0.1) is 0 Å². The Kier molecular flexibility index (Phi) is 6.73. The monoisotopic (exact) mass is 449 g/mol. The van der Waals surface area contributed by atoms with E-state index in [4.69, 9.17) is 4.74 Å². The van der Waals surface area contributed by atoms with E-state index in [1.54, 1.807) is 0 Å². The summed E-state index contributed by atoms with van der Waals surface area (Å²) in [4.78, 5) is 29.3. The van der Waals surface area contributed by atoms with Crippen molar-refractivity contribution >= 4 is 23.3 Å². The van der Waals surface area contributed by atoms with Crippen molar-refractivity contribution in [2.45, 2.75) is 77.4 Å². The molecule has 2 amide bonds. The molecule has 0 radical (unpaired) electrons. The Morgan fingerprint density at radius 2 is 1.85 bits per heavy atom. The minimum atomic E-state index is -0.489. The Balaban J connectivity index is 1.29. The van der Waals surface area contributed by atoms with Gasteiger partial charge in [-0.3, -0.25) is 9.79 Å². The fraction of sp³-hybridized carbons (Fsp3) is 0.519. The summed E-state index contributed by atoms with van der Waals surface area (Å²) in [5, 5.41) is 6.02. The largest absolute Gasteiger partial charge is 0.444 e. The second-order valence-electron chi connectivity index (χ2n) is 10.4. The van der Waals surface area contributed by atoms with Crippen LogP contribution in [0.2, 0.25) is 0 Å². The second kappa shape index (κ2) is 9.54. The molecule has 2 atom stereocenters. The number of amides is 2. The first kappa shape index (κ1) is 23.3. The molecule has 2 unspecified atom stereocenters. The van der Waals surface area contributed by atoms with Gasteiger partial charge in [0.05, 0.1) is 12.5 Å². The molecule has 0 saturated heterocycles. The van der Waals surface area contributed by atoms with Crippen molar-refractivity contribution in [3.8, 4) is 0 Å². The number of benzene rings is 1. The Morgan fingerprint density at radius 1 is 1.12 bits per heavy atom. The van der Waals surface area contributed by atoms with Gasteiger partial charge in [-0.05, 0) is 82.6 Å². The molecule has 6 nitrogen and oxygen atoms in total. The van der Waals surface area contributed by atoms with Crippen LogP contribution in [0.5, 0.6) is 0 Å². The maximum atomic E-state index is 12.7. The van der Waals surface area contributed by atoms with E-state index >= 15 is 0 Å². The molecule has 176 valence electrons. The number of nitrogens with zero attached hydrogens (tertiary/aromatic N) is 1. The summed E-state index contributed by atoms with van der Waals surface area (Å²) in [5.74, 6) is 0.392. The van der Waals surface area contributed by atoms with Gasteiger partial charge in [0, 0.05) is 23.4 Å². The first-order valence-electron chi connectivity index (χ1n) is 12.0. The normalized spacial score (nSPS) is 21.5. The molecule has 6 heteroatoms.